The molecule has 2 atom stereocenters. The average Bonchev–Trinajstić information content (AvgIpc) is 2.67. The van der Waals surface area contributed by atoms with E-state index in [0.717, 1.165) is 13.1 Å². The molecule has 1 aliphatic rings. The van der Waals surface area contributed by atoms with Gasteiger partial charge in [0, 0.05) is 25.1 Å². The minimum atomic E-state index is -0.0258. The average molecular weight is 378 g/mol. The van der Waals surface area contributed by atoms with Crippen LogP contribution < -0.4 is 20.1 Å². The predicted molar refractivity (Wildman–Crippen MR) is 110 cm³/mol. The molecule has 1 aliphatic heterocycles. The van der Waals surface area contributed by atoms with Crippen LogP contribution in [0.25, 0.3) is 0 Å². The van der Waals surface area contributed by atoms with Gasteiger partial charge in [-0.15, -0.1) is 0 Å². The van der Waals surface area contributed by atoms with E-state index in [1.807, 2.05) is 6.07 Å². The summed E-state index contributed by atoms with van der Waals surface area (Å²) in [5.41, 5.74) is 0.661. The van der Waals surface area contributed by atoms with E-state index in [0.29, 0.717) is 29.5 Å². The number of anilines is 1. The zero-order valence-corrected chi connectivity index (χ0v) is 17.2. The van der Waals surface area contributed by atoms with Gasteiger partial charge in [0.25, 0.3) is 0 Å². The molecule has 0 spiro atoms. The van der Waals surface area contributed by atoms with Crippen molar-refractivity contribution < 1.29 is 14.3 Å². The van der Waals surface area contributed by atoms with Crippen LogP contribution >= 0.6 is 0 Å². The number of amides is 1. The van der Waals surface area contributed by atoms with Crippen molar-refractivity contribution >= 4 is 11.6 Å². The van der Waals surface area contributed by atoms with Crippen LogP contribution in [0.3, 0.4) is 0 Å². The first kappa shape index (κ1) is 21.5. The van der Waals surface area contributed by atoms with Gasteiger partial charge in [0.05, 0.1) is 19.9 Å². The summed E-state index contributed by atoms with van der Waals surface area (Å²) in [6, 6.07) is 5.49. The minimum Gasteiger partial charge on any atom is -0.497 e. The molecule has 1 aromatic rings. The first-order valence-corrected chi connectivity index (χ1v) is 9.99. The Hall–Kier alpha value is -1.79. The molecule has 27 heavy (non-hydrogen) atoms. The summed E-state index contributed by atoms with van der Waals surface area (Å²) in [6.07, 6.45) is 4.44. The second kappa shape index (κ2) is 11.1. The second-order valence-corrected chi connectivity index (χ2v) is 7.59. The van der Waals surface area contributed by atoms with Gasteiger partial charge in [-0.25, -0.2) is 0 Å². The molecule has 2 N–H and O–H groups in total. The Morgan fingerprint density at radius 1 is 1.15 bits per heavy atom. The zero-order chi connectivity index (χ0) is 19.6. The molecule has 152 valence electrons. The van der Waals surface area contributed by atoms with Gasteiger partial charge in [-0.2, -0.15) is 0 Å². The van der Waals surface area contributed by atoms with E-state index in [1.165, 1.54) is 32.4 Å². The molecule has 6 nitrogen and oxygen atoms in total. The maximum Gasteiger partial charge on any atom is 0.226 e. The number of carbonyl (C=O) groups is 1. The Morgan fingerprint density at radius 2 is 1.89 bits per heavy atom. The number of benzene rings is 1. The Balaban J connectivity index is 1.73. The molecule has 0 bridgehead atoms. The maximum atomic E-state index is 12.4. The highest BCUT2D eigenvalue weighted by Crippen LogP contribution is 2.29. The van der Waals surface area contributed by atoms with Crippen LogP contribution in [0.15, 0.2) is 18.2 Å². The van der Waals surface area contributed by atoms with Gasteiger partial charge in [0.1, 0.15) is 11.5 Å². The molecule has 1 fully saturated rings. The third kappa shape index (κ3) is 7.39. The SMILES string of the molecule is COc1ccc(NC(=O)CC(C)NCC(C)CN2CCCCC2)c(OC)c1. The van der Waals surface area contributed by atoms with Crippen molar-refractivity contribution in [3.05, 3.63) is 18.2 Å². The van der Waals surface area contributed by atoms with E-state index in [2.05, 4.69) is 29.4 Å². The Kier molecular flexibility index (Phi) is 8.88. The lowest BCUT2D eigenvalue weighted by atomic mass is 10.1. The van der Waals surface area contributed by atoms with E-state index in [-0.39, 0.29) is 11.9 Å². The minimum absolute atomic E-state index is 0.0258. The number of ether oxygens (including phenoxy) is 2. The van der Waals surface area contributed by atoms with Crippen LogP contribution in [-0.2, 0) is 4.79 Å². The first-order valence-electron chi connectivity index (χ1n) is 9.99. The Labute approximate surface area is 163 Å². The lowest BCUT2D eigenvalue weighted by Gasteiger charge is -2.29. The predicted octanol–water partition coefficient (Wildman–Crippen LogP) is 3.13. The maximum absolute atomic E-state index is 12.4. The highest BCUT2D eigenvalue weighted by atomic mass is 16.5. The van der Waals surface area contributed by atoms with Crippen LogP contribution in [-0.4, -0.2) is 57.2 Å². The fourth-order valence-electron chi connectivity index (χ4n) is 3.50. The molecular formula is C21H35N3O3. The van der Waals surface area contributed by atoms with E-state index in [9.17, 15) is 4.79 Å². The number of carbonyl (C=O) groups excluding carboxylic acids is 1. The van der Waals surface area contributed by atoms with Gasteiger partial charge in [-0.1, -0.05) is 13.3 Å². The highest BCUT2D eigenvalue weighted by molar-refractivity contribution is 5.92. The lowest BCUT2D eigenvalue weighted by molar-refractivity contribution is -0.116. The highest BCUT2D eigenvalue weighted by Gasteiger charge is 2.16. The summed E-state index contributed by atoms with van der Waals surface area (Å²) in [5.74, 6) is 1.85. The normalized spacial score (nSPS) is 17.2. The summed E-state index contributed by atoms with van der Waals surface area (Å²) < 4.78 is 10.5. The molecule has 1 aromatic carbocycles. The molecule has 1 saturated heterocycles. The number of nitrogens with zero attached hydrogens (tertiary/aromatic N) is 1. The molecule has 0 aromatic heterocycles. The molecule has 6 heteroatoms. The van der Waals surface area contributed by atoms with Crippen LogP contribution in [0, 0.1) is 5.92 Å². The van der Waals surface area contributed by atoms with Gasteiger partial charge in [-0.3, -0.25) is 4.79 Å². The van der Waals surface area contributed by atoms with Crippen molar-refractivity contribution in [2.75, 3.05) is 45.7 Å². The van der Waals surface area contributed by atoms with Crippen molar-refractivity contribution in [1.29, 1.82) is 0 Å². The molecule has 2 unspecified atom stereocenters. The fraction of sp³-hybridized carbons (Fsp3) is 0.667. The zero-order valence-electron chi connectivity index (χ0n) is 17.2. The van der Waals surface area contributed by atoms with E-state index in [4.69, 9.17) is 9.47 Å². The van der Waals surface area contributed by atoms with Crippen LogP contribution in [0.5, 0.6) is 11.5 Å². The van der Waals surface area contributed by atoms with Gasteiger partial charge in [0.15, 0.2) is 0 Å². The smallest absolute Gasteiger partial charge is 0.226 e. The van der Waals surface area contributed by atoms with Crippen LogP contribution in [0.1, 0.15) is 39.5 Å². The monoisotopic (exact) mass is 377 g/mol. The third-order valence-corrected chi connectivity index (χ3v) is 5.01. The lowest BCUT2D eigenvalue weighted by Crippen LogP contribution is -2.39. The Bertz CT molecular complexity index is 588. The number of likely N-dealkylation sites (tertiary alicyclic amines) is 1. The summed E-state index contributed by atoms with van der Waals surface area (Å²) >= 11 is 0. The number of hydrogen-bond donors (Lipinski definition) is 2. The molecule has 0 radical (unpaired) electrons. The van der Waals surface area contributed by atoms with Crippen molar-refractivity contribution in [2.45, 2.75) is 45.6 Å². The summed E-state index contributed by atoms with van der Waals surface area (Å²) in [7, 11) is 3.19. The topological polar surface area (TPSA) is 62.8 Å². The van der Waals surface area contributed by atoms with E-state index >= 15 is 0 Å². The number of piperidine rings is 1. The third-order valence-electron chi connectivity index (χ3n) is 5.01. The standard InChI is InChI=1S/C21H35N3O3/c1-16(15-24-10-6-5-7-11-24)14-22-17(2)12-21(25)23-19-9-8-18(26-3)13-20(19)27-4/h8-9,13,16-17,22H,5-7,10-12,14-15H2,1-4H3,(H,23,25). The summed E-state index contributed by atoms with van der Waals surface area (Å²) in [4.78, 5) is 14.9. The number of methoxy groups -OCH3 is 2. The van der Waals surface area contributed by atoms with Crippen LogP contribution in [0.2, 0.25) is 0 Å². The van der Waals surface area contributed by atoms with E-state index < -0.39 is 0 Å². The molecule has 0 aliphatic carbocycles. The van der Waals surface area contributed by atoms with Crippen molar-refractivity contribution in [3.63, 3.8) is 0 Å². The van der Waals surface area contributed by atoms with Gasteiger partial charge < -0.3 is 25.0 Å². The van der Waals surface area contributed by atoms with Crippen LogP contribution in [0.4, 0.5) is 5.69 Å². The number of hydrogen-bond acceptors (Lipinski definition) is 5. The van der Waals surface area contributed by atoms with Gasteiger partial charge >= 0.3 is 0 Å². The largest absolute Gasteiger partial charge is 0.497 e. The number of rotatable bonds is 10. The van der Waals surface area contributed by atoms with E-state index in [1.54, 1.807) is 26.4 Å². The molecule has 1 amide bonds. The van der Waals surface area contributed by atoms with Gasteiger partial charge in [-0.05, 0) is 57.5 Å². The first-order chi connectivity index (χ1) is 13.0. The van der Waals surface area contributed by atoms with Crippen molar-refractivity contribution in [2.24, 2.45) is 5.92 Å². The number of nitrogens with one attached hydrogen (secondary N) is 2. The van der Waals surface area contributed by atoms with Crippen molar-refractivity contribution in [3.8, 4) is 11.5 Å². The fourth-order valence-corrected chi connectivity index (χ4v) is 3.50. The molecule has 2 rings (SSSR count). The molecule has 0 saturated carbocycles. The Morgan fingerprint density at radius 3 is 2.56 bits per heavy atom. The summed E-state index contributed by atoms with van der Waals surface area (Å²) in [6.45, 7) is 8.85. The summed E-state index contributed by atoms with van der Waals surface area (Å²) in [5, 5.41) is 6.43. The second-order valence-electron chi connectivity index (χ2n) is 7.59. The molecular weight excluding hydrogens is 342 g/mol. The molecule has 1 heterocycles. The van der Waals surface area contributed by atoms with Crippen molar-refractivity contribution in [1.82, 2.24) is 10.2 Å². The van der Waals surface area contributed by atoms with Gasteiger partial charge in [0.2, 0.25) is 5.91 Å². The quantitative estimate of drug-likeness (QED) is 0.656.